The van der Waals surface area contributed by atoms with Crippen molar-refractivity contribution < 1.29 is 9.59 Å². The molecule has 2 aromatic heterocycles. The molecule has 0 unspecified atom stereocenters. The molecule has 3 rings (SSSR count). The summed E-state index contributed by atoms with van der Waals surface area (Å²) in [5.41, 5.74) is 2.36. The molecule has 108 valence electrons. The van der Waals surface area contributed by atoms with Crippen molar-refractivity contribution in [1.82, 2.24) is 20.1 Å². The molecule has 8 heteroatoms. The van der Waals surface area contributed by atoms with E-state index in [-0.39, 0.29) is 24.2 Å². The number of rotatable bonds is 4. The first kappa shape index (κ1) is 13.6. The third-order valence-corrected chi connectivity index (χ3v) is 3.86. The summed E-state index contributed by atoms with van der Waals surface area (Å²) >= 11 is 1.25. The summed E-state index contributed by atoms with van der Waals surface area (Å²) in [5, 5.41) is 10.6. The summed E-state index contributed by atoms with van der Waals surface area (Å²) in [6.07, 6.45) is 1.91. The molecule has 1 saturated heterocycles. The average molecular weight is 303 g/mol. The summed E-state index contributed by atoms with van der Waals surface area (Å²) in [4.78, 5) is 29.9. The molecule has 0 bridgehead atoms. The SMILES string of the molecule is O=C(Nc1nncs1)[C@H]1CC(=O)N(Cc2ccccn2)C1. The van der Waals surface area contributed by atoms with Gasteiger partial charge in [0.25, 0.3) is 0 Å². The van der Waals surface area contributed by atoms with Crippen molar-refractivity contribution in [3.8, 4) is 0 Å². The Labute approximate surface area is 125 Å². The first-order chi connectivity index (χ1) is 10.2. The lowest BCUT2D eigenvalue weighted by atomic mass is 10.1. The zero-order valence-corrected chi connectivity index (χ0v) is 11.9. The molecule has 2 aromatic rings. The smallest absolute Gasteiger partial charge is 0.231 e. The van der Waals surface area contributed by atoms with E-state index in [1.54, 1.807) is 16.6 Å². The van der Waals surface area contributed by atoms with Crippen molar-refractivity contribution in [1.29, 1.82) is 0 Å². The van der Waals surface area contributed by atoms with E-state index in [0.29, 0.717) is 18.2 Å². The summed E-state index contributed by atoms with van der Waals surface area (Å²) in [5.74, 6) is -0.577. The van der Waals surface area contributed by atoms with Gasteiger partial charge < -0.3 is 10.2 Å². The van der Waals surface area contributed by atoms with Crippen LogP contribution >= 0.6 is 11.3 Å². The van der Waals surface area contributed by atoms with Gasteiger partial charge >= 0.3 is 0 Å². The number of anilines is 1. The van der Waals surface area contributed by atoms with E-state index < -0.39 is 0 Å². The number of hydrogen-bond donors (Lipinski definition) is 1. The molecule has 21 heavy (non-hydrogen) atoms. The quantitative estimate of drug-likeness (QED) is 0.907. The van der Waals surface area contributed by atoms with E-state index >= 15 is 0 Å². The Kier molecular flexibility index (Phi) is 3.87. The first-order valence-corrected chi connectivity index (χ1v) is 7.35. The van der Waals surface area contributed by atoms with Crippen molar-refractivity contribution >= 4 is 28.3 Å². The van der Waals surface area contributed by atoms with Gasteiger partial charge in [0.15, 0.2) is 0 Å². The lowest BCUT2D eigenvalue weighted by molar-refractivity contribution is -0.128. The second-order valence-electron chi connectivity index (χ2n) is 4.73. The Morgan fingerprint density at radius 2 is 2.38 bits per heavy atom. The Morgan fingerprint density at radius 1 is 1.48 bits per heavy atom. The van der Waals surface area contributed by atoms with Gasteiger partial charge in [0.2, 0.25) is 16.9 Å². The van der Waals surface area contributed by atoms with Crippen LogP contribution in [0.3, 0.4) is 0 Å². The van der Waals surface area contributed by atoms with Gasteiger partial charge in [-0.1, -0.05) is 17.4 Å². The van der Waals surface area contributed by atoms with Crippen LogP contribution in [0.15, 0.2) is 29.9 Å². The van der Waals surface area contributed by atoms with Crippen molar-refractivity contribution in [2.45, 2.75) is 13.0 Å². The minimum atomic E-state index is -0.356. The number of nitrogens with zero attached hydrogens (tertiary/aromatic N) is 4. The third kappa shape index (κ3) is 3.22. The van der Waals surface area contributed by atoms with Crippen molar-refractivity contribution in [2.24, 2.45) is 5.92 Å². The molecule has 0 saturated carbocycles. The maximum atomic E-state index is 12.1. The molecular formula is C13H13N5O2S. The Bertz CT molecular complexity index is 631. The monoisotopic (exact) mass is 303 g/mol. The number of amides is 2. The lowest BCUT2D eigenvalue weighted by Gasteiger charge is -2.15. The van der Waals surface area contributed by atoms with Crippen LogP contribution in [-0.2, 0) is 16.1 Å². The minimum Gasteiger partial charge on any atom is -0.336 e. The molecule has 1 aliphatic rings. The van der Waals surface area contributed by atoms with E-state index in [9.17, 15) is 9.59 Å². The summed E-state index contributed by atoms with van der Waals surface area (Å²) in [7, 11) is 0. The van der Waals surface area contributed by atoms with Crippen LogP contribution in [-0.4, -0.2) is 38.4 Å². The Morgan fingerprint density at radius 3 is 3.10 bits per heavy atom. The molecular weight excluding hydrogens is 290 g/mol. The van der Waals surface area contributed by atoms with E-state index in [0.717, 1.165) is 5.69 Å². The van der Waals surface area contributed by atoms with Crippen LogP contribution in [0.1, 0.15) is 12.1 Å². The van der Waals surface area contributed by atoms with Crippen LogP contribution in [0.5, 0.6) is 0 Å². The van der Waals surface area contributed by atoms with Gasteiger partial charge in [-0.2, -0.15) is 0 Å². The highest BCUT2D eigenvalue weighted by atomic mass is 32.1. The average Bonchev–Trinajstić information content (AvgIpc) is 3.11. The summed E-state index contributed by atoms with van der Waals surface area (Å²) in [6, 6.07) is 5.57. The largest absolute Gasteiger partial charge is 0.336 e. The van der Waals surface area contributed by atoms with Gasteiger partial charge in [-0.3, -0.25) is 14.6 Å². The van der Waals surface area contributed by atoms with E-state index in [2.05, 4.69) is 20.5 Å². The Balaban J connectivity index is 1.60. The molecule has 2 amide bonds. The molecule has 1 atom stereocenters. The molecule has 1 aliphatic heterocycles. The number of carbonyl (C=O) groups is 2. The Hall–Kier alpha value is -2.35. The van der Waals surface area contributed by atoms with E-state index in [4.69, 9.17) is 0 Å². The number of carbonyl (C=O) groups excluding carboxylic acids is 2. The molecule has 0 aliphatic carbocycles. The highest BCUT2D eigenvalue weighted by Crippen LogP contribution is 2.21. The molecule has 0 aromatic carbocycles. The zero-order chi connectivity index (χ0) is 14.7. The van der Waals surface area contributed by atoms with Crippen molar-refractivity contribution in [3.63, 3.8) is 0 Å². The highest BCUT2D eigenvalue weighted by molar-refractivity contribution is 7.13. The predicted octanol–water partition coefficient (Wildman–Crippen LogP) is 0.920. The van der Waals surface area contributed by atoms with Gasteiger partial charge in [0.1, 0.15) is 5.51 Å². The normalized spacial score (nSPS) is 18.0. The molecule has 1 fully saturated rings. The molecule has 3 heterocycles. The standard InChI is InChI=1S/C13H13N5O2S/c19-11-5-9(12(20)16-13-17-15-8-21-13)6-18(11)7-10-3-1-2-4-14-10/h1-4,8-9H,5-7H2,(H,16,17,20)/t9-/m0/s1. The number of hydrogen-bond acceptors (Lipinski definition) is 6. The van der Waals surface area contributed by atoms with Crippen molar-refractivity contribution in [2.75, 3.05) is 11.9 Å². The fourth-order valence-corrected chi connectivity index (χ4v) is 2.67. The van der Waals surface area contributed by atoms with Crippen LogP contribution in [0.25, 0.3) is 0 Å². The zero-order valence-electron chi connectivity index (χ0n) is 11.1. The number of nitrogens with one attached hydrogen (secondary N) is 1. The van der Waals surface area contributed by atoms with Crippen LogP contribution in [0.2, 0.25) is 0 Å². The van der Waals surface area contributed by atoms with Crippen LogP contribution in [0.4, 0.5) is 5.13 Å². The number of aromatic nitrogens is 3. The molecule has 0 spiro atoms. The molecule has 1 N–H and O–H groups in total. The summed E-state index contributed by atoms with van der Waals surface area (Å²) < 4.78 is 0. The first-order valence-electron chi connectivity index (χ1n) is 6.47. The topological polar surface area (TPSA) is 88.1 Å². The fourth-order valence-electron chi connectivity index (χ4n) is 2.22. The maximum Gasteiger partial charge on any atom is 0.231 e. The van der Waals surface area contributed by atoms with Crippen LogP contribution in [0, 0.1) is 5.92 Å². The fraction of sp³-hybridized carbons (Fsp3) is 0.308. The van der Waals surface area contributed by atoms with Gasteiger partial charge in [-0.25, -0.2) is 0 Å². The summed E-state index contributed by atoms with van der Waals surface area (Å²) in [6.45, 7) is 0.836. The van der Waals surface area contributed by atoms with Crippen LogP contribution < -0.4 is 5.32 Å². The van der Waals surface area contributed by atoms with Gasteiger partial charge in [0, 0.05) is 19.2 Å². The van der Waals surface area contributed by atoms with Gasteiger partial charge in [-0.05, 0) is 12.1 Å². The third-order valence-electron chi connectivity index (χ3n) is 3.25. The van der Waals surface area contributed by atoms with Gasteiger partial charge in [-0.15, -0.1) is 10.2 Å². The number of likely N-dealkylation sites (tertiary alicyclic amines) is 1. The van der Waals surface area contributed by atoms with E-state index in [1.165, 1.54) is 11.3 Å². The second kappa shape index (κ2) is 5.96. The van der Waals surface area contributed by atoms with E-state index in [1.807, 2.05) is 18.2 Å². The number of pyridine rings is 1. The predicted molar refractivity (Wildman–Crippen MR) is 76.3 cm³/mol. The second-order valence-corrected chi connectivity index (χ2v) is 5.56. The molecule has 7 nitrogen and oxygen atoms in total. The minimum absolute atomic E-state index is 0.0296. The van der Waals surface area contributed by atoms with Crippen molar-refractivity contribution in [3.05, 3.63) is 35.6 Å². The molecule has 0 radical (unpaired) electrons. The highest BCUT2D eigenvalue weighted by Gasteiger charge is 2.34. The lowest BCUT2D eigenvalue weighted by Crippen LogP contribution is -2.28. The maximum absolute atomic E-state index is 12.1. The van der Waals surface area contributed by atoms with Gasteiger partial charge in [0.05, 0.1) is 18.2 Å².